The molecule has 0 amide bonds. The summed E-state index contributed by atoms with van der Waals surface area (Å²) < 4.78 is 11.9. The van der Waals surface area contributed by atoms with Crippen LogP contribution in [0.25, 0.3) is 62.3 Å². The van der Waals surface area contributed by atoms with Crippen LogP contribution < -0.4 is 0 Å². The average molecular weight is 787 g/mol. The highest BCUT2D eigenvalue weighted by molar-refractivity contribution is 7.29. The number of carbonyl (C=O) groups excluding carboxylic acids is 2. The van der Waals surface area contributed by atoms with E-state index in [4.69, 9.17) is 9.47 Å². The number of ether oxygens (including phenoxy) is 2. The third-order valence-corrected chi connectivity index (χ3v) is 14.6. The smallest absolute Gasteiger partial charge is 0.311 e. The molecule has 4 nitrogen and oxygen atoms in total. The first-order valence-electron chi connectivity index (χ1n) is 18.2. The van der Waals surface area contributed by atoms with E-state index in [1.165, 1.54) is 44.6 Å². The van der Waals surface area contributed by atoms with Crippen LogP contribution in [0.2, 0.25) is 0 Å². The van der Waals surface area contributed by atoms with Crippen LogP contribution in [0.5, 0.6) is 0 Å². The molecule has 8 rings (SSSR count). The lowest BCUT2D eigenvalue weighted by Crippen LogP contribution is -2.25. The Bertz CT molecular complexity index is 2430. The lowest BCUT2D eigenvalue weighted by molar-refractivity contribution is -0.159. The van der Waals surface area contributed by atoms with Crippen LogP contribution in [0.4, 0.5) is 0 Å². The highest BCUT2D eigenvalue weighted by Gasteiger charge is 2.30. The van der Waals surface area contributed by atoms with E-state index in [-0.39, 0.29) is 24.1 Å². The molecule has 4 heterocycles. The van der Waals surface area contributed by atoms with Gasteiger partial charge in [-0.25, -0.2) is 0 Å². The zero-order valence-electron chi connectivity index (χ0n) is 31.2. The van der Waals surface area contributed by atoms with Gasteiger partial charge in [0.05, 0.1) is 10.8 Å². The summed E-state index contributed by atoms with van der Waals surface area (Å²) in [6.45, 7) is 11.4. The fourth-order valence-electron chi connectivity index (χ4n) is 6.51. The molecule has 0 radical (unpaired) electrons. The van der Waals surface area contributed by atoms with Crippen molar-refractivity contribution in [3.05, 3.63) is 119 Å². The molecule has 0 bridgehead atoms. The standard InChI is InChI=1S/C46H42O4S4/c1-45(2,3)43(47)49-33-11-8-10-28-25-29(15-16-31(28)33)35-17-19-37(51-35)39-21-23-41(53-39)42-24-22-40(54-42)38-20-18-36(52-38)30-14-13-27-9-7-12-34(32(27)26-30)50-44(48)46(4,5)6/h7-10,13-26,33-34H,11-12H2,1-6H3. The number of hydrogen-bond acceptors (Lipinski definition) is 8. The lowest BCUT2D eigenvalue weighted by atomic mass is 9.91. The van der Waals surface area contributed by atoms with Crippen LogP contribution in [0.3, 0.4) is 0 Å². The quantitative estimate of drug-likeness (QED) is 0.151. The second-order valence-corrected chi connectivity index (χ2v) is 20.2. The van der Waals surface area contributed by atoms with Crippen LogP contribution in [0.15, 0.2) is 97.1 Å². The number of esters is 2. The second-order valence-electron chi connectivity index (χ2n) is 15.9. The van der Waals surface area contributed by atoms with Crippen molar-refractivity contribution in [3.63, 3.8) is 0 Å². The summed E-state index contributed by atoms with van der Waals surface area (Å²) in [6, 6.07) is 30.8. The van der Waals surface area contributed by atoms with Crippen molar-refractivity contribution in [1.29, 1.82) is 0 Å². The molecule has 0 spiro atoms. The molecule has 2 atom stereocenters. The van der Waals surface area contributed by atoms with Crippen molar-refractivity contribution in [1.82, 2.24) is 0 Å². The summed E-state index contributed by atoms with van der Waals surface area (Å²) in [5, 5.41) is 0. The molecule has 0 saturated heterocycles. The van der Waals surface area contributed by atoms with Crippen molar-refractivity contribution in [3.8, 4) is 50.1 Å². The number of thiophene rings is 4. The summed E-state index contributed by atoms with van der Waals surface area (Å²) in [5.41, 5.74) is 5.59. The number of hydrogen-bond donors (Lipinski definition) is 0. The van der Waals surface area contributed by atoms with E-state index in [1.807, 2.05) is 64.2 Å². The largest absolute Gasteiger partial charge is 0.457 e. The van der Waals surface area contributed by atoms with Gasteiger partial charge in [0.2, 0.25) is 0 Å². The van der Waals surface area contributed by atoms with Crippen molar-refractivity contribution in [2.45, 2.75) is 66.6 Å². The molecule has 2 aromatic carbocycles. The monoisotopic (exact) mass is 786 g/mol. The minimum atomic E-state index is -0.543. The Morgan fingerprint density at radius 1 is 0.481 bits per heavy atom. The molecule has 2 aliphatic rings. The Balaban J connectivity index is 0.965. The summed E-state index contributed by atoms with van der Waals surface area (Å²) >= 11 is 7.26. The maximum atomic E-state index is 12.7. The first-order valence-corrected chi connectivity index (χ1v) is 21.5. The Hall–Kier alpha value is -4.34. The number of rotatable bonds is 7. The van der Waals surface area contributed by atoms with Gasteiger partial charge >= 0.3 is 11.9 Å². The van der Waals surface area contributed by atoms with Gasteiger partial charge in [0.1, 0.15) is 12.2 Å². The van der Waals surface area contributed by atoms with Gasteiger partial charge in [-0.1, -0.05) is 48.6 Å². The third kappa shape index (κ3) is 7.50. The van der Waals surface area contributed by atoms with Gasteiger partial charge in [-0.2, -0.15) is 0 Å². The maximum absolute atomic E-state index is 12.7. The van der Waals surface area contributed by atoms with Crippen molar-refractivity contribution in [2.75, 3.05) is 0 Å². The van der Waals surface area contributed by atoms with E-state index < -0.39 is 10.8 Å². The van der Waals surface area contributed by atoms with Gasteiger partial charge in [0, 0.05) is 63.0 Å². The van der Waals surface area contributed by atoms with Crippen molar-refractivity contribution in [2.24, 2.45) is 10.8 Å². The fraction of sp³-hybridized carbons (Fsp3) is 0.261. The number of fused-ring (bicyclic) bond motifs is 2. The van der Waals surface area contributed by atoms with E-state index in [9.17, 15) is 9.59 Å². The van der Waals surface area contributed by atoms with Crippen LogP contribution in [0, 0.1) is 10.8 Å². The lowest BCUT2D eigenvalue weighted by Gasteiger charge is -2.26. The Labute approximate surface area is 333 Å². The van der Waals surface area contributed by atoms with E-state index in [0.29, 0.717) is 12.8 Å². The number of benzene rings is 2. The molecular weight excluding hydrogens is 745 g/mol. The van der Waals surface area contributed by atoms with Gasteiger partial charge in [-0.3, -0.25) is 9.59 Å². The fourth-order valence-corrected chi connectivity index (χ4v) is 10.8. The van der Waals surface area contributed by atoms with Crippen LogP contribution >= 0.6 is 45.3 Å². The molecule has 274 valence electrons. The molecule has 0 fully saturated rings. The average Bonchev–Trinajstić information content (AvgIpc) is 3.97. The van der Waals surface area contributed by atoms with E-state index >= 15 is 0 Å². The van der Waals surface area contributed by atoms with Gasteiger partial charge in [0.25, 0.3) is 0 Å². The molecule has 0 N–H and O–H groups in total. The Kier molecular flexibility index (Phi) is 9.76. The minimum Gasteiger partial charge on any atom is -0.457 e. The molecule has 2 aliphatic carbocycles. The highest BCUT2D eigenvalue weighted by atomic mass is 32.1. The van der Waals surface area contributed by atoms with E-state index in [0.717, 1.165) is 27.8 Å². The predicted octanol–water partition coefficient (Wildman–Crippen LogP) is 14.4. The molecule has 2 unspecified atom stereocenters. The van der Waals surface area contributed by atoms with Crippen LogP contribution in [-0.2, 0) is 19.1 Å². The van der Waals surface area contributed by atoms with Crippen molar-refractivity contribution >= 4 is 69.4 Å². The molecule has 4 aromatic heterocycles. The molecule has 0 aliphatic heterocycles. The Morgan fingerprint density at radius 2 is 0.870 bits per heavy atom. The number of carbonyl (C=O) groups is 2. The summed E-state index contributed by atoms with van der Waals surface area (Å²) in [7, 11) is 0. The van der Waals surface area contributed by atoms with Gasteiger partial charge in [-0.05, 0) is 124 Å². The molecule has 6 aromatic rings. The minimum absolute atomic E-state index is 0.174. The Morgan fingerprint density at radius 3 is 1.35 bits per heavy atom. The van der Waals surface area contributed by atoms with Gasteiger partial charge in [-0.15, -0.1) is 45.3 Å². The summed E-state index contributed by atoms with van der Waals surface area (Å²) in [5.74, 6) is -0.350. The first-order chi connectivity index (χ1) is 25.8. The molecular formula is C46H42O4S4. The molecule has 54 heavy (non-hydrogen) atoms. The topological polar surface area (TPSA) is 52.6 Å². The first kappa shape index (κ1) is 36.6. The molecule has 8 heteroatoms. The van der Waals surface area contributed by atoms with E-state index in [2.05, 4.69) is 109 Å². The summed E-state index contributed by atoms with van der Waals surface area (Å²) in [6.07, 6.45) is 9.33. The van der Waals surface area contributed by atoms with Gasteiger partial charge in [0.15, 0.2) is 0 Å². The van der Waals surface area contributed by atoms with Crippen molar-refractivity contribution < 1.29 is 19.1 Å². The maximum Gasteiger partial charge on any atom is 0.311 e. The zero-order chi connectivity index (χ0) is 37.8. The third-order valence-electron chi connectivity index (χ3n) is 9.61. The SMILES string of the molecule is CC(C)(C)C(=O)OC1CC=Cc2cc(-c3ccc(-c4ccc(-c5ccc(-c6ccc(-c7ccc8c(c7)C(OC(=O)C(C)(C)C)CC=C8)s6)s5)s4)s3)ccc21. The zero-order valence-corrected chi connectivity index (χ0v) is 34.5. The molecule has 0 saturated carbocycles. The summed E-state index contributed by atoms with van der Waals surface area (Å²) in [4.78, 5) is 35.3. The normalized spacial score (nSPS) is 16.6. The second kappa shape index (κ2) is 14.4. The predicted molar refractivity (Wildman–Crippen MR) is 229 cm³/mol. The van der Waals surface area contributed by atoms with Gasteiger partial charge < -0.3 is 9.47 Å². The van der Waals surface area contributed by atoms with E-state index in [1.54, 1.807) is 22.7 Å². The van der Waals surface area contributed by atoms with Crippen LogP contribution in [0.1, 0.15) is 88.8 Å². The highest BCUT2D eigenvalue weighted by Crippen LogP contribution is 2.46. The van der Waals surface area contributed by atoms with Crippen LogP contribution in [-0.4, -0.2) is 11.9 Å².